The lowest BCUT2D eigenvalue weighted by molar-refractivity contribution is -0.137. The lowest BCUT2D eigenvalue weighted by Gasteiger charge is -2.16. The Hall–Kier alpha value is -3.31. The number of amides is 2. The zero-order chi connectivity index (χ0) is 23.5. The van der Waals surface area contributed by atoms with Crippen LogP contribution in [-0.2, 0) is 10.9 Å². The molecule has 168 valence electrons. The van der Waals surface area contributed by atoms with Crippen LogP contribution in [0.2, 0.25) is 5.02 Å². The monoisotopic (exact) mass is 488 g/mol. The summed E-state index contributed by atoms with van der Waals surface area (Å²) >= 11 is 6.67. The highest BCUT2D eigenvalue weighted by molar-refractivity contribution is 7.12. The van der Waals surface area contributed by atoms with Crippen LogP contribution in [0.15, 0.2) is 47.8 Å². The maximum atomic E-state index is 13.3. The number of carbonyl (C=O) groups is 2. The van der Waals surface area contributed by atoms with Crippen LogP contribution in [0.25, 0.3) is 0 Å². The molecule has 0 fully saturated rings. The Morgan fingerprint density at radius 2 is 1.78 bits per heavy atom. The van der Waals surface area contributed by atoms with Crippen molar-refractivity contribution in [1.82, 2.24) is 0 Å². The molecule has 3 aromatic rings. The minimum Gasteiger partial charge on any atom is -0.465 e. The molecule has 1 heterocycles. The molecule has 12 heteroatoms. The molecule has 2 aromatic carbocycles. The summed E-state index contributed by atoms with van der Waals surface area (Å²) in [7, 11) is 1.17. The van der Waals surface area contributed by atoms with Gasteiger partial charge in [-0.15, -0.1) is 11.3 Å². The van der Waals surface area contributed by atoms with Crippen molar-refractivity contribution < 1.29 is 36.6 Å². The number of anilines is 2. The van der Waals surface area contributed by atoms with Crippen molar-refractivity contribution >= 4 is 46.3 Å². The summed E-state index contributed by atoms with van der Waals surface area (Å²) < 4.78 is 63.0. The number of carbonyl (C=O) groups excluding carboxylic acids is 2. The van der Waals surface area contributed by atoms with Gasteiger partial charge in [-0.25, -0.2) is 14.0 Å². The SMILES string of the molecule is COC(=O)c1sccc1Oc1ccc(C(F)(F)F)cc1NC(=O)Nc1ccc(F)c(Cl)c1. The fourth-order valence-corrected chi connectivity index (χ4v) is 3.40. The van der Waals surface area contributed by atoms with E-state index in [0.29, 0.717) is 6.07 Å². The normalized spacial score (nSPS) is 11.1. The molecule has 0 spiro atoms. The average Bonchev–Trinajstić information content (AvgIpc) is 3.18. The Balaban J connectivity index is 1.90. The van der Waals surface area contributed by atoms with Crippen molar-refractivity contribution in [3.8, 4) is 11.5 Å². The highest BCUT2D eigenvalue weighted by Gasteiger charge is 2.31. The number of hydrogen-bond acceptors (Lipinski definition) is 5. The minimum atomic E-state index is -4.69. The molecule has 6 nitrogen and oxygen atoms in total. The zero-order valence-corrected chi connectivity index (χ0v) is 17.6. The van der Waals surface area contributed by atoms with Gasteiger partial charge in [0.1, 0.15) is 5.82 Å². The summed E-state index contributed by atoms with van der Waals surface area (Å²) in [6, 6.07) is 6.31. The summed E-state index contributed by atoms with van der Waals surface area (Å²) in [5.41, 5.74) is -1.26. The third-order valence-corrected chi connectivity index (χ3v) is 5.12. The third kappa shape index (κ3) is 5.48. The number of thiophene rings is 1. The summed E-state index contributed by atoms with van der Waals surface area (Å²) in [5, 5.41) is 5.87. The van der Waals surface area contributed by atoms with Crippen LogP contribution in [-0.4, -0.2) is 19.1 Å². The van der Waals surface area contributed by atoms with Crippen molar-refractivity contribution in [3.05, 3.63) is 69.1 Å². The van der Waals surface area contributed by atoms with Crippen LogP contribution in [0.3, 0.4) is 0 Å². The quantitative estimate of drug-likeness (QED) is 0.306. The molecule has 0 radical (unpaired) electrons. The van der Waals surface area contributed by atoms with Gasteiger partial charge in [0.15, 0.2) is 16.4 Å². The van der Waals surface area contributed by atoms with E-state index in [2.05, 4.69) is 15.4 Å². The smallest absolute Gasteiger partial charge is 0.416 e. The maximum absolute atomic E-state index is 13.3. The van der Waals surface area contributed by atoms with Gasteiger partial charge in [0.25, 0.3) is 0 Å². The number of benzene rings is 2. The van der Waals surface area contributed by atoms with Gasteiger partial charge in [0.2, 0.25) is 0 Å². The van der Waals surface area contributed by atoms with E-state index in [1.807, 2.05) is 0 Å². The number of rotatable bonds is 5. The third-order valence-electron chi connectivity index (χ3n) is 3.95. The van der Waals surface area contributed by atoms with Gasteiger partial charge in [0.05, 0.1) is 23.4 Å². The van der Waals surface area contributed by atoms with Crippen LogP contribution < -0.4 is 15.4 Å². The van der Waals surface area contributed by atoms with Gasteiger partial charge in [-0.1, -0.05) is 11.6 Å². The van der Waals surface area contributed by atoms with Crippen LogP contribution in [0, 0.1) is 5.82 Å². The molecule has 0 saturated heterocycles. The Morgan fingerprint density at radius 1 is 1.03 bits per heavy atom. The molecule has 0 aliphatic carbocycles. The first-order chi connectivity index (χ1) is 15.1. The van der Waals surface area contributed by atoms with E-state index in [1.54, 1.807) is 0 Å². The molecule has 0 aliphatic heterocycles. The second-order valence-corrected chi connectivity index (χ2v) is 7.45. The molecule has 0 unspecified atom stereocenters. The van der Waals surface area contributed by atoms with E-state index in [-0.39, 0.29) is 32.8 Å². The topological polar surface area (TPSA) is 76.7 Å². The molecular formula is C20H13ClF4N2O4S. The molecule has 2 amide bonds. The van der Waals surface area contributed by atoms with E-state index in [1.165, 1.54) is 24.6 Å². The van der Waals surface area contributed by atoms with Crippen LogP contribution in [0.5, 0.6) is 11.5 Å². The summed E-state index contributed by atoms with van der Waals surface area (Å²) in [6.07, 6.45) is -4.69. The number of ether oxygens (including phenoxy) is 2. The van der Waals surface area contributed by atoms with Gasteiger partial charge in [0, 0.05) is 5.69 Å². The van der Waals surface area contributed by atoms with Gasteiger partial charge >= 0.3 is 18.2 Å². The molecule has 0 saturated carbocycles. The zero-order valence-electron chi connectivity index (χ0n) is 16.0. The average molecular weight is 489 g/mol. The Bertz CT molecular complexity index is 1170. The number of nitrogens with one attached hydrogen (secondary N) is 2. The first-order valence-electron chi connectivity index (χ1n) is 8.66. The second-order valence-electron chi connectivity index (χ2n) is 6.12. The van der Waals surface area contributed by atoms with E-state index in [0.717, 1.165) is 35.6 Å². The predicted molar refractivity (Wildman–Crippen MR) is 111 cm³/mol. The van der Waals surface area contributed by atoms with Gasteiger partial charge in [-0.2, -0.15) is 13.2 Å². The molecule has 0 aliphatic rings. The van der Waals surface area contributed by atoms with Gasteiger partial charge in [-0.05, 0) is 47.8 Å². The lowest BCUT2D eigenvalue weighted by atomic mass is 10.1. The van der Waals surface area contributed by atoms with E-state index >= 15 is 0 Å². The molecule has 32 heavy (non-hydrogen) atoms. The number of halogens is 5. The molecule has 0 bridgehead atoms. The molecular weight excluding hydrogens is 476 g/mol. The fourth-order valence-electron chi connectivity index (χ4n) is 2.49. The van der Waals surface area contributed by atoms with E-state index in [9.17, 15) is 27.2 Å². The molecule has 1 aromatic heterocycles. The number of alkyl halides is 3. The number of urea groups is 1. The summed E-state index contributed by atoms with van der Waals surface area (Å²) in [6.45, 7) is 0. The summed E-state index contributed by atoms with van der Waals surface area (Å²) in [4.78, 5) is 24.3. The van der Waals surface area contributed by atoms with Crippen LogP contribution >= 0.6 is 22.9 Å². The summed E-state index contributed by atoms with van der Waals surface area (Å²) in [5.74, 6) is -1.52. The van der Waals surface area contributed by atoms with E-state index < -0.39 is 29.6 Å². The van der Waals surface area contributed by atoms with Crippen molar-refractivity contribution in [2.75, 3.05) is 17.7 Å². The van der Waals surface area contributed by atoms with Crippen molar-refractivity contribution in [2.24, 2.45) is 0 Å². The maximum Gasteiger partial charge on any atom is 0.416 e. The van der Waals surface area contributed by atoms with Gasteiger partial charge in [-0.3, -0.25) is 0 Å². The number of esters is 1. The standard InChI is InChI=1S/C20H13ClF4N2O4S/c1-30-18(28)17-16(6-7-32-17)31-15-5-2-10(20(23,24)25)8-14(15)27-19(29)26-11-3-4-13(22)12(21)9-11/h2-9H,1H3,(H2,26,27,29). The van der Waals surface area contributed by atoms with Gasteiger partial charge < -0.3 is 20.1 Å². The predicted octanol–water partition coefficient (Wildman–Crippen LogP) is 6.78. The second kappa shape index (κ2) is 9.45. The Kier molecular flexibility index (Phi) is 6.90. The Labute approximate surface area is 187 Å². The molecule has 0 atom stereocenters. The van der Waals surface area contributed by atoms with Crippen molar-refractivity contribution in [2.45, 2.75) is 6.18 Å². The number of methoxy groups -OCH3 is 1. The Morgan fingerprint density at radius 3 is 2.44 bits per heavy atom. The van der Waals surface area contributed by atoms with E-state index in [4.69, 9.17) is 16.3 Å². The lowest BCUT2D eigenvalue weighted by Crippen LogP contribution is -2.20. The van der Waals surface area contributed by atoms with Crippen molar-refractivity contribution in [1.29, 1.82) is 0 Å². The minimum absolute atomic E-state index is 0.0374. The fraction of sp³-hybridized carbons (Fsp3) is 0.100. The molecule has 3 rings (SSSR count). The first kappa shape index (κ1) is 23.4. The van der Waals surface area contributed by atoms with Crippen molar-refractivity contribution in [3.63, 3.8) is 0 Å². The first-order valence-corrected chi connectivity index (χ1v) is 9.92. The van der Waals surface area contributed by atoms with Crippen LogP contribution in [0.4, 0.5) is 33.7 Å². The molecule has 2 N–H and O–H groups in total. The largest absolute Gasteiger partial charge is 0.465 e. The number of hydrogen-bond donors (Lipinski definition) is 2. The highest BCUT2D eigenvalue weighted by atomic mass is 35.5. The highest BCUT2D eigenvalue weighted by Crippen LogP contribution is 2.38. The van der Waals surface area contributed by atoms with Crippen LogP contribution in [0.1, 0.15) is 15.2 Å².